The molecule has 5 heteroatoms. The molecule has 1 atom stereocenters. The van der Waals surface area contributed by atoms with E-state index in [0.717, 1.165) is 25.1 Å². The first-order chi connectivity index (χ1) is 8.69. The summed E-state index contributed by atoms with van der Waals surface area (Å²) < 4.78 is 3.19. The minimum atomic E-state index is 0.302. The number of halogens is 1. The molecule has 1 unspecified atom stereocenters. The number of hydrogen-bond donors (Lipinski definition) is 1. The summed E-state index contributed by atoms with van der Waals surface area (Å²) in [5.74, 6) is 0. The molecular weight excluding hydrogens is 310 g/mol. The van der Waals surface area contributed by atoms with Crippen LogP contribution in [0.1, 0.15) is 30.0 Å². The summed E-state index contributed by atoms with van der Waals surface area (Å²) in [4.78, 5) is 5.84. The highest BCUT2D eigenvalue weighted by Crippen LogP contribution is 2.26. The fourth-order valence-corrected chi connectivity index (χ4v) is 3.40. The molecule has 3 nitrogen and oxygen atoms in total. The lowest BCUT2D eigenvalue weighted by molar-refractivity contribution is 0.522. The van der Waals surface area contributed by atoms with Gasteiger partial charge in [0.1, 0.15) is 0 Å². The Morgan fingerprint density at radius 2 is 2.33 bits per heavy atom. The molecule has 0 saturated carbocycles. The van der Waals surface area contributed by atoms with Crippen molar-refractivity contribution in [2.24, 2.45) is 7.05 Å². The van der Waals surface area contributed by atoms with Crippen LogP contribution >= 0.6 is 27.3 Å². The van der Waals surface area contributed by atoms with Crippen LogP contribution in [0.25, 0.3) is 0 Å². The maximum absolute atomic E-state index is 4.47. The number of thiophene rings is 1. The van der Waals surface area contributed by atoms with Crippen molar-refractivity contribution < 1.29 is 0 Å². The van der Waals surface area contributed by atoms with Crippen molar-refractivity contribution in [1.29, 1.82) is 0 Å². The summed E-state index contributed by atoms with van der Waals surface area (Å²) in [5, 5.41) is 3.57. The fraction of sp³-hybridized carbons (Fsp3) is 0.462. The lowest BCUT2D eigenvalue weighted by atomic mass is 10.1. The van der Waals surface area contributed by atoms with E-state index >= 15 is 0 Å². The van der Waals surface area contributed by atoms with Crippen molar-refractivity contribution in [3.05, 3.63) is 39.0 Å². The Morgan fingerprint density at radius 3 is 2.89 bits per heavy atom. The molecule has 0 aliphatic heterocycles. The molecular formula is C13H18BrN3S. The van der Waals surface area contributed by atoms with Crippen LogP contribution in [-0.2, 0) is 13.5 Å². The van der Waals surface area contributed by atoms with Crippen LogP contribution in [0.15, 0.2) is 28.4 Å². The van der Waals surface area contributed by atoms with E-state index < -0.39 is 0 Å². The van der Waals surface area contributed by atoms with Crippen molar-refractivity contribution in [2.75, 3.05) is 6.54 Å². The maximum atomic E-state index is 4.47. The van der Waals surface area contributed by atoms with Crippen LogP contribution in [0.2, 0.25) is 0 Å². The van der Waals surface area contributed by atoms with Gasteiger partial charge in [0, 0.05) is 24.5 Å². The van der Waals surface area contributed by atoms with Crippen LogP contribution in [0, 0.1) is 0 Å². The summed E-state index contributed by atoms with van der Waals surface area (Å²) in [6.07, 6.45) is 6.08. The van der Waals surface area contributed by atoms with Gasteiger partial charge in [-0.25, -0.2) is 4.98 Å². The molecule has 0 aromatic carbocycles. The first-order valence-electron chi connectivity index (χ1n) is 6.14. The average Bonchev–Trinajstić information content (AvgIpc) is 2.93. The minimum Gasteiger partial charge on any atom is -0.340 e. The third-order valence-electron chi connectivity index (χ3n) is 2.76. The Morgan fingerprint density at radius 1 is 1.50 bits per heavy atom. The third-order valence-corrected chi connectivity index (χ3v) is 4.40. The van der Waals surface area contributed by atoms with Crippen LogP contribution in [-0.4, -0.2) is 16.1 Å². The van der Waals surface area contributed by atoms with Gasteiger partial charge in [-0.2, -0.15) is 0 Å². The van der Waals surface area contributed by atoms with E-state index in [4.69, 9.17) is 0 Å². The zero-order valence-electron chi connectivity index (χ0n) is 10.7. The molecule has 0 radical (unpaired) electrons. The van der Waals surface area contributed by atoms with Crippen molar-refractivity contribution in [2.45, 2.75) is 25.8 Å². The Kier molecular flexibility index (Phi) is 4.97. The number of nitrogens with one attached hydrogen (secondary N) is 1. The molecule has 0 aliphatic carbocycles. The molecule has 0 aliphatic rings. The van der Waals surface area contributed by atoms with E-state index in [9.17, 15) is 0 Å². The average molecular weight is 328 g/mol. The van der Waals surface area contributed by atoms with Gasteiger partial charge in [0.05, 0.1) is 21.8 Å². The maximum Gasteiger partial charge on any atom is 0.0947 e. The molecule has 0 spiro atoms. The molecule has 2 aromatic rings. The van der Waals surface area contributed by atoms with E-state index in [-0.39, 0.29) is 0 Å². The van der Waals surface area contributed by atoms with E-state index in [1.165, 1.54) is 8.66 Å². The second-order valence-corrected chi connectivity index (χ2v) is 6.93. The molecule has 0 fully saturated rings. The zero-order chi connectivity index (χ0) is 13.0. The van der Waals surface area contributed by atoms with Gasteiger partial charge in [-0.1, -0.05) is 6.92 Å². The largest absolute Gasteiger partial charge is 0.340 e. The number of aryl methyl sites for hydroxylation is 1. The van der Waals surface area contributed by atoms with E-state index in [0.29, 0.717) is 6.04 Å². The number of aromatic nitrogens is 2. The van der Waals surface area contributed by atoms with Gasteiger partial charge in [-0.3, -0.25) is 0 Å². The fourth-order valence-electron chi connectivity index (χ4n) is 1.88. The first-order valence-corrected chi connectivity index (χ1v) is 7.75. The number of hydrogen-bond acceptors (Lipinski definition) is 3. The quantitative estimate of drug-likeness (QED) is 0.879. The van der Waals surface area contributed by atoms with E-state index in [2.05, 4.69) is 51.5 Å². The van der Waals surface area contributed by atoms with Crippen molar-refractivity contribution in [3.8, 4) is 0 Å². The zero-order valence-corrected chi connectivity index (χ0v) is 13.1. The highest BCUT2D eigenvalue weighted by molar-refractivity contribution is 9.11. The standard InChI is InChI=1S/C13H18BrN3S/c1-3-6-15-11(12-8-17(2)9-16-12)7-10-4-5-13(14)18-10/h4-5,8-9,11,15H,3,6-7H2,1-2H3. The summed E-state index contributed by atoms with van der Waals surface area (Å²) in [7, 11) is 2.01. The molecule has 0 bridgehead atoms. The predicted molar refractivity (Wildman–Crippen MR) is 80.0 cm³/mol. The van der Waals surface area contributed by atoms with Gasteiger partial charge in [0.25, 0.3) is 0 Å². The highest BCUT2D eigenvalue weighted by Gasteiger charge is 2.15. The van der Waals surface area contributed by atoms with Crippen molar-refractivity contribution in [1.82, 2.24) is 14.9 Å². The number of nitrogens with zero attached hydrogens (tertiary/aromatic N) is 2. The molecule has 2 heterocycles. The van der Waals surface area contributed by atoms with Gasteiger partial charge < -0.3 is 9.88 Å². The van der Waals surface area contributed by atoms with Crippen LogP contribution in [0.4, 0.5) is 0 Å². The predicted octanol–water partition coefficient (Wildman–Crippen LogP) is 3.53. The van der Waals surface area contributed by atoms with Crippen molar-refractivity contribution in [3.63, 3.8) is 0 Å². The van der Waals surface area contributed by atoms with Gasteiger partial charge >= 0.3 is 0 Å². The minimum absolute atomic E-state index is 0.302. The molecule has 2 aromatic heterocycles. The lowest BCUT2D eigenvalue weighted by Crippen LogP contribution is -2.24. The Bertz CT molecular complexity index is 492. The summed E-state index contributed by atoms with van der Waals surface area (Å²) in [6.45, 7) is 3.21. The van der Waals surface area contributed by atoms with E-state index in [1.807, 2.05) is 17.9 Å². The van der Waals surface area contributed by atoms with Gasteiger partial charge in [0.15, 0.2) is 0 Å². The van der Waals surface area contributed by atoms with Crippen LogP contribution in [0.5, 0.6) is 0 Å². The van der Waals surface area contributed by atoms with Gasteiger partial charge in [-0.05, 0) is 41.0 Å². The van der Waals surface area contributed by atoms with Gasteiger partial charge in [0.2, 0.25) is 0 Å². The topological polar surface area (TPSA) is 29.9 Å². The summed E-state index contributed by atoms with van der Waals surface area (Å²) in [5.41, 5.74) is 1.12. The third kappa shape index (κ3) is 3.67. The smallest absolute Gasteiger partial charge is 0.0947 e. The number of rotatable bonds is 6. The summed E-state index contributed by atoms with van der Waals surface area (Å²) in [6, 6.07) is 4.59. The molecule has 1 N–H and O–H groups in total. The molecule has 0 amide bonds. The summed E-state index contributed by atoms with van der Waals surface area (Å²) >= 11 is 5.31. The van der Waals surface area contributed by atoms with Crippen LogP contribution < -0.4 is 5.32 Å². The molecule has 18 heavy (non-hydrogen) atoms. The molecule has 2 rings (SSSR count). The second-order valence-electron chi connectivity index (χ2n) is 4.38. The Hall–Kier alpha value is -0.650. The number of imidazole rings is 1. The lowest BCUT2D eigenvalue weighted by Gasteiger charge is -2.15. The highest BCUT2D eigenvalue weighted by atomic mass is 79.9. The normalized spacial score (nSPS) is 12.8. The Balaban J connectivity index is 2.09. The monoisotopic (exact) mass is 327 g/mol. The first kappa shape index (κ1) is 13.8. The van der Waals surface area contributed by atoms with Crippen molar-refractivity contribution >= 4 is 27.3 Å². The molecule has 0 saturated heterocycles. The van der Waals surface area contributed by atoms with Crippen LogP contribution in [0.3, 0.4) is 0 Å². The van der Waals surface area contributed by atoms with E-state index in [1.54, 1.807) is 11.3 Å². The SMILES string of the molecule is CCCNC(Cc1ccc(Br)s1)c1cn(C)cn1. The second kappa shape index (κ2) is 6.50. The van der Waals surface area contributed by atoms with Gasteiger partial charge in [-0.15, -0.1) is 11.3 Å². The Labute approximate surface area is 120 Å². The molecule has 98 valence electrons.